The molecule has 1 aromatic heterocycles. The topological polar surface area (TPSA) is 38.2 Å². The monoisotopic (exact) mass is 291 g/mol. The van der Waals surface area contributed by atoms with E-state index < -0.39 is 0 Å². The van der Waals surface area contributed by atoms with Crippen LogP contribution in [-0.4, -0.2) is 23.4 Å². The molecule has 3 rings (SSSR count). The molecule has 0 spiro atoms. The third-order valence-corrected chi connectivity index (χ3v) is 2.95. The van der Waals surface area contributed by atoms with Crippen molar-refractivity contribution in [2.45, 2.75) is 0 Å². The molecule has 1 aliphatic rings. The van der Waals surface area contributed by atoms with Gasteiger partial charge in [0.15, 0.2) is 5.82 Å². The molecule has 5 heteroatoms. The van der Waals surface area contributed by atoms with Gasteiger partial charge in [-0.2, -0.15) is 0 Å². The number of halogens is 1. The predicted octanol–water partition coefficient (Wildman–Crippen LogP) is 2.66. The van der Waals surface area contributed by atoms with Gasteiger partial charge in [-0.15, -0.1) is 0 Å². The fourth-order valence-corrected chi connectivity index (χ4v) is 1.97. The van der Waals surface area contributed by atoms with Crippen LogP contribution >= 0.6 is 15.9 Å². The summed E-state index contributed by atoms with van der Waals surface area (Å²) in [6.45, 7) is 1.16. The number of hydrogen-bond acceptors (Lipinski definition) is 4. The zero-order chi connectivity index (χ0) is 11.7. The van der Waals surface area contributed by atoms with Crippen LogP contribution in [0.3, 0.4) is 0 Å². The Balaban J connectivity index is 2.10. The van der Waals surface area contributed by atoms with Gasteiger partial charge in [0.1, 0.15) is 23.8 Å². The Morgan fingerprint density at radius 3 is 2.59 bits per heavy atom. The van der Waals surface area contributed by atoms with E-state index in [9.17, 15) is 0 Å². The minimum absolute atomic E-state index is 0.580. The van der Waals surface area contributed by atoms with E-state index in [-0.39, 0.29) is 0 Å². The van der Waals surface area contributed by atoms with Crippen LogP contribution in [0.4, 0.5) is 5.82 Å². The highest BCUT2D eigenvalue weighted by Gasteiger charge is 2.21. The van der Waals surface area contributed by atoms with Gasteiger partial charge in [0.2, 0.25) is 0 Å². The Kier molecular flexibility index (Phi) is 2.78. The standard InChI is InChI=1S/C12H10BrN3O/c13-10-6-14-12(16-7-17-8-16)11(15-10)9-4-2-1-3-5-9/h1-6H,7-8H2. The first-order chi connectivity index (χ1) is 8.34. The van der Waals surface area contributed by atoms with Crippen molar-refractivity contribution in [3.8, 4) is 11.3 Å². The molecule has 0 saturated carbocycles. The Labute approximate surface area is 107 Å². The summed E-state index contributed by atoms with van der Waals surface area (Å²) in [5.74, 6) is 0.866. The average molecular weight is 292 g/mol. The molecule has 0 aliphatic carbocycles. The second-order valence-corrected chi connectivity index (χ2v) is 4.55. The molecule has 1 aromatic carbocycles. The molecule has 1 aliphatic heterocycles. The number of benzene rings is 1. The maximum absolute atomic E-state index is 5.16. The lowest BCUT2D eigenvalue weighted by Gasteiger charge is -2.32. The van der Waals surface area contributed by atoms with Gasteiger partial charge in [-0.3, -0.25) is 0 Å². The number of nitrogens with zero attached hydrogens (tertiary/aromatic N) is 3. The average Bonchev–Trinajstić information content (AvgIpc) is 2.30. The van der Waals surface area contributed by atoms with Crippen molar-refractivity contribution in [3.05, 3.63) is 41.1 Å². The molecule has 1 fully saturated rings. The number of hydrogen-bond donors (Lipinski definition) is 0. The normalized spacial score (nSPS) is 14.5. The molecule has 4 nitrogen and oxygen atoms in total. The summed E-state index contributed by atoms with van der Waals surface area (Å²) in [6.07, 6.45) is 1.71. The van der Waals surface area contributed by atoms with E-state index in [4.69, 9.17) is 4.74 Å². The van der Waals surface area contributed by atoms with Crippen LogP contribution in [0.5, 0.6) is 0 Å². The zero-order valence-corrected chi connectivity index (χ0v) is 10.6. The SMILES string of the molecule is Brc1cnc(N2COC2)c(-c2ccccc2)n1. The first-order valence-corrected chi connectivity index (χ1v) is 6.04. The maximum atomic E-state index is 5.16. The van der Waals surface area contributed by atoms with E-state index in [1.165, 1.54) is 0 Å². The molecule has 1 saturated heterocycles. The van der Waals surface area contributed by atoms with Crippen molar-refractivity contribution in [2.24, 2.45) is 0 Å². The quantitative estimate of drug-likeness (QED) is 0.853. The van der Waals surface area contributed by atoms with Crippen LogP contribution in [-0.2, 0) is 4.74 Å². The van der Waals surface area contributed by atoms with Crippen molar-refractivity contribution < 1.29 is 4.74 Å². The number of rotatable bonds is 2. The van der Waals surface area contributed by atoms with Crippen LogP contribution in [0.25, 0.3) is 11.3 Å². The number of anilines is 1. The Morgan fingerprint density at radius 2 is 1.94 bits per heavy atom. The lowest BCUT2D eigenvalue weighted by Crippen LogP contribution is -2.40. The van der Waals surface area contributed by atoms with Gasteiger partial charge in [0.05, 0.1) is 6.20 Å². The first-order valence-electron chi connectivity index (χ1n) is 5.25. The summed E-state index contributed by atoms with van der Waals surface area (Å²) < 4.78 is 5.89. The minimum atomic E-state index is 0.580. The first kappa shape index (κ1) is 10.7. The molecule has 0 atom stereocenters. The molecule has 0 radical (unpaired) electrons. The fourth-order valence-electron chi connectivity index (χ4n) is 1.69. The summed E-state index contributed by atoms with van der Waals surface area (Å²) in [4.78, 5) is 11.0. The van der Waals surface area contributed by atoms with Crippen molar-refractivity contribution >= 4 is 21.7 Å². The van der Waals surface area contributed by atoms with E-state index in [2.05, 4.69) is 25.9 Å². The van der Waals surface area contributed by atoms with Crippen LogP contribution < -0.4 is 4.90 Å². The molecule has 0 unspecified atom stereocenters. The largest absolute Gasteiger partial charge is 0.341 e. The van der Waals surface area contributed by atoms with Gasteiger partial charge in [0.25, 0.3) is 0 Å². The van der Waals surface area contributed by atoms with Crippen molar-refractivity contribution in [1.29, 1.82) is 0 Å². The minimum Gasteiger partial charge on any atom is -0.341 e. The third-order valence-electron chi connectivity index (χ3n) is 2.56. The summed E-state index contributed by atoms with van der Waals surface area (Å²) in [7, 11) is 0. The predicted molar refractivity (Wildman–Crippen MR) is 68.5 cm³/mol. The van der Waals surface area contributed by atoms with E-state index in [0.29, 0.717) is 13.5 Å². The second kappa shape index (κ2) is 4.43. The fraction of sp³-hybridized carbons (Fsp3) is 0.167. The van der Waals surface area contributed by atoms with Gasteiger partial charge in [-0.25, -0.2) is 9.97 Å². The smallest absolute Gasteiger partial charge is 0.158 e. The van der Waals surface area contributed by atoms with Gasteiger partial charge in [-0.1, -0.05) is 30.3 Å². The van der Waals surface area contributed by atoms with Crippen molar-refractivity contribution in [1.82, 2.24) is 9.97 Å². The van der Waals surface area contributed by atoms with E-state index in [0.717, 1.165) is 21.7 Å². The summed E-state index contributed by atoms with van der Waals surface area (Å²) in [5.41, 5.74) is 1.94. The van der Waals surface area contributed by atoms with Gasteiger partial charge < -0.3 is 9.64 Å². The molecule has 0 amide bonds. The molecule has 2 heterocycles. The zero-order valence-electron chi connectivity index (χ0n) is 9.01. The molecule has 86 valence electrons. The molecular formula is C12H10BrN3O. The van der Waals surface area contributed by atoms with E-state index in [1.807, 2.05) is 35.2 Å². The highest BCUT2D eigenvalue weighted by Crippen LogP contribution is 2.29. The highest BCUT2D eigenvalue weighted by molar-refractivity contribution is 9.10. The van der Waals surface area contributed by atoms with Crippen LogP contribution in [0.2, 0.25) is 0 Å². The van der Waals surface area contributed by atoms with Crippen molar-refractivity contribution in [3.63, 3.8) is 0 Å². The molecule has 2 aromatic rings. The summed E-state index contributed by atoms with van der Waals surface area (Å²) in [6, 6.07) is 10.0. The van der Waals surface area contributed by atoms with Crippen molar-refractivity contribution in [2.75, 3.05) is 18.4 Å². The Morgan fingerprint density at radius 1 is 1.18 bits per heavy atom. The third kappa shape index (κ3) is 2.03. The summed E-state index contributed by atoms with van der Waals surface area (Å²) >= 11 is 3.36. The lowest BCUT2D eigenvalue weighted by molar-refractivity contribution is 0.0396. The molecule has 17 heavy (non-hydrogen) atoms. The van der Waals surface area contributed by atoms with Crippen LogP contribution in [0.1, 0.15) is 0 Å². The van der Waals surface area contributed by atoms with E-state index in [1.54, 1.807) is 6.20 Å². The second-order valence-electron chi connectivity index (χ2n) is 3.73. The van der Waals surface area contributed by atoms with E-state index >= 15 is 0 Å². The lowest BCUT2D eigenvalue weighted by atomic mass is 10.1. The Hall–Kier alpha value is -1.46. The molecular weight excluding hydrogens is 282 g/mol. The van der Waals surface area contributed by atoms with Gasteiger partial charge in [-0.05, 0) is 15.9 Å². The van der Waals surface area contributed by atoms with Crippen LogP contribution in [0.15, 0.2) is 41.1 Å². The Bertz CT molecular complexity index is 529. The summed E-state index contributed by atoms with van der Waals surface area (Å²) in [5, 5.41) is 0. The number of ether oxygens (including phenoxy) is 1. The van der Waals surface area contributed by atoms with Gasteiger partial charge in [0, 0.05) is 5.56 Å². The van der Waals surface area contributed by atoms with Crippen LogP contribution in [0, 0.1) is 0 Å². The molecule has 0 N–H and O–H groups in total. The highest BCUT2D eigenvalue weighted by atomic mass is 79.9. The maximum Gasteiger partial charge on any atom is 0.158 e. The number of aromatic nitrogens is 2. The van der Waals surface area contributed by atoms with Gasteiger partial charge >= 0.3 is 0 Å². The molecule has 0 bridgehead atoms.